The third-order valence-electron chi connectivity index (χ3n) is 3.35. The summed E-state index contributed by atoms with van der Waals surface area (Å²) in [7, 11) is 0. The number of amides is 1. The van der Waals surface area contributed by atoms with Gasteiger partial charge < -0.3 is 10.8 Å². The van der Waals surface area contributed by atoms with Gasteiger partial charge in [-0.15, -0.1) is 0 Å². The van der Waals surface area contributed by atoms with Crippen LogP contribution in [0.2, 0.25) is 0 Å². The van der Waals surface area contributed by atoms with Gasteiger partial charge in [0.25, 0.3) is 5.91 Å². The zero-order valence-corrected chi connectivity index (χ0v) is 12.5. The molecule has 1 amide bonds. The lowest BCUT2D eigenvalue weighted by molar-refractivity contribution is -0.139. The van der Waals surface area contributed by atoms with Crippen LogP contribution in [-0.2, 0) is 4.79 Å². The van der Waals surface area contributed by atoms with Crippen LogP contribution in [0.1, 0.15) is 29.6 Å². The molecule has 0 bridgehead atoms. The molecule has 0 radical (unpaired) electrons. The molecule has 1 aromatic carbocycles. The molecule has 1 atom stereocenters. The van der Waals surface area contributed by atoms with E-state index in [1.165, 1.54) is 6.20 Å². The summed E-state index contributed by atoms with van der Waals surface area (Å²) in [5, 5.41) is 9.16. The van der Waals surface area contributed by atoms with Crippen molar-refractivity contribution in [2.75, 3.05) is 6.54 Å². The van der Waals surface area contributed by atoms with Gasteiger partial charge in [-0.05, 0) is 37.9 Å². The predicted octanol–water partition coefficient (Wildman–Crippen LogP) is 0.446. The van der Waals surface area contributed by atoms with E-state index >= 15 is 0 Å². The van der Waals surface area contributed by atoms with Gasteiger partial charge in [-0.2, -0.15) is 0 Å². The van der Waals surface area contributed by atoms with Crippen LogP contribution in [0.25, 0.3) is 11.0 Å². The first-order valence-corrected chi connectivity index (χ1v) is 7.32. The zero-order valence-electron chi connectivity index (χ0n) is 12.5. The fraction of sp³-hybridized carbons (Fsp3) is 0.333. The van der Waals surface area contributed by atoms with Crippen LogP contribution < -0.4 is 16.6 Å². The number of nitrogens with one attached hydrogen (secondary N) is 2. The van der Waals surface area contributed by atoms with E-state index in [1.807, 2.05) is 0 Å². The Balaban J connectivity index is 2.04. The molecule has 2 rings (SSSR count). The van der Waals surface area contributed by atoms with Gasteiger partial charge in [0.15, 0.2) is 0 Å². The Morgan fingerprint density at radius 1 is 1.22 bits per heavy atom. The lowest BCUT2D eigenvalue weighted by atomic mass is 10.1. The number of unbranched alkanes of at least 4 members (excludes halogenated alkanes) is 1. The van der Waals surface area contributed by atoms with Crippen LogP contribution in [-0.4, -0.2) is 39.5 Å². The van der Waals surface area contributed by atoms with Crippen molar-refractivity contribution < 1.29 is 14.7 Å². The predicted molar refractivity (Wildman–Crippen MR) is 84.5 cm³/mol. The molecule has 5 N–H and O–H groups in total. The van der Waals surface area contributed by atoms with Gasteiger partial charge in [-0.25, -0.2) is 5.43 Å². The van der Waals surface area contributed by atoms with Gasteiger partial charge in [0.2, 0.25) is 0 Å². The monoisotopic (exact) mass is 317 g/mol. The number of hydrogen-bond donors (Lipinski definition) is 4. The van der Waals surface area contributed by atoms with E-state index in [4.69, 9.17) is 10.8 Å². The van der Waals surface area contributed by atoms with Gasteiger partial charge in [-0.3, -0.25) is 25.0 Å². The van der Waals surface area contributed by atoms with E-state index in [9.17, 15) is 9.59 Å². The highest BCUT2D eigenvalue weighted by Gasteiger charge is 2.18. The Hall–Kier alpha value is -2.58. The number of carboxylic acid groups (broad SMARTS) is 1. The van der Waals surface area contributed by atoms with Crippen LogP contribution in [0.15, 0.2) is 30.6 Å². The molecule has 0 aliphatic rings. The maximum Gasteiger partial charge on any atom is 0.322 e. The quantitative estimate of drug-likeness (QED) is 0.410. The topological polar surface area (TPSA) is 130 Å². The van der Waals surface area contributed by atoms with E-state index in [0.717, 1.165) is 6.42 Å². The summed E-state index contributed by atoms with van der Waals surface area (Å²) in [4.78, 5) is 31.7. The number of rotatable bonds is 8. The Kier molecular flexibility index (Phi) is 5.95. The smallest absolute Gasteiger partial charge is 0.322 e. The summed E-state index contributed by atoms with van der Waals surface area (Å²) in [6.45, 7) is 0.507. The summed E-state index contributed by atoms with van der Waals surface area (Å²) in [6.07, 6.45) is 4.82. The molecule has 0 spiro atoms. The first kappa shape index (κ1) is 16.8. The van der Waals surface area contributed by atoms with E-state index in [1.54, 1.807) is 24.4 Å². The molecule has 0 unspecified atom stereocenters. The molecule has 0 aliphatic heterocycles. The Morgan fingerprint density at radius 2 is 2.00 bits per heavy atom. The van der Waals surface area contributed by atoms with Crippen molar-refractivity contribution in [1.29, 1.82) is 0 Å². The Morgan fingerprint density at radius 3 is 2.74 bits per heavy atom. The Labute approximate surface area is 133 Å². The van der Waals surface area contributed by atoms with Gasteiger partial charge in [0.05, 0.1) is 11.1 Å². The van der Waals surface area contributed by atoms with Crippen LogP contribution in [0.5, 0.6) is 0 Å². The van der Waals surface area contributed by atoms with E-state index in [-0.39, 0.29) is 0 Å². The highest BCUT2D eigenvalue weighted by molar-refractivity contribution is 6.04. The standard InChI is InChI=1S/C15H19N5O3/c16-7-2-1-5-12(15(22)23)19-20-14(21)10-4-3-6-11-13(10)18-9-8-17-11/h3-4,6,8-9,12,19H,1-2,5,7,16H2,(H,20,21)(H,22,23)/t12-/m0/s1. The average Bonchev–Trinajstić information content (AvgIpc) is 2.56. The maximum atomic E-state index is 12.3. The van der Waals surface area contributed by atoms with Gasteiger partial charge in [0.1, 0.15) is 11.6 Å². The molecule has 0 saturated carbocycles. The second-order valence-corrected chi connectivity index (χ2v) is 5.00. The van der Waals surface area contributed by atoms with E-state index in [2.05, 4.69) is 20.8 Å². The number of para-hydroxylation sites is 1. The van der Waals surface area contributed by atoms with E-state index in [0.29, 0.717) is 36.0 Å². The zero-order chi connectivity index (χ0) is 16.7. The maximum absolute atomic E-state index is 12.3. The molecule has 8 heteroatoms. The lowest BCUT2D eigenvalue weighted by Gasteiger charge is -2.15. The largest absolute Gasteiger partial charge is 0.480 e. The van der Waals surface area contributed by atoms with Crippen molar-refractivity contribution in [3.05, 3.63) is 36.2 Å². The van der Waals surface area contributed by atoms with E-state index < -0.39 is 17.9 Å². The number of carbonyl (C=O) groups is 2. The number of hydrogen-bond acceptors (Lipinski definition) is 6. The second-order valence-electron chi connectivity index (χ2n) is 5.00. The third kappa shape index (κ3) is 4.44. The number of benzene rings is 1. The molecule has 1 heterocycles. The molecule has 1 aromatic heterocycles. The number of fused-ring (bicyclic) bond motifs is 1. The summed E-state index contributed by atoms with van der Waals surface area (Å²) >= 11 is 0. The molecular weight excluding hydrogens is 298 g/mol. The number of nitrogens with two attached hydrogens (primary N) is 1. The summed E-state index contributed by atoms with van der Waals surface area (Å²) in [6, 6.07) is 4.19. The van der Waals surface area contributed by atoms with Gasteiger partial charge in [0, 0.05) is 12.4 Å². The highest BCUT2D eigenvalue weighted by Crippen LogP contribution is 2.13. The second kappa shape index (κ2) is 8.16. The first-order valence-electron chi connectivity index (χ1n) is 7.32. The van der Waals surface area contributed by atoms with Crippen molar-refractivity contribution in [3.8, 4) is 0 Å². The molecular formula is C15H19N5O3. The minimum Gasteiger partial charge on any atom is -0.480 e. The highest BCUT2D eigenvalue weighted by atomic mass is 16.4. The molecule has 23 heavy (non-hydrogen) atoms. The first-order chi connectivity index (χ1) is 11.1. The number of nitrogens with zero attached hydrogens (tertiary/aromatic N) is 2. The molecule has 0 fully saturated rings. The number of carbonyl (C=O) groups excluding carboxylic acids is 1. The van der Waals surface area contributed by atoms with Crippen molar-refractivity contribution in [1.82, 2.24) is 20.8 Å². The van der Waals surface area contributed by atoms with Crippen LogP contribution in [0.3, 0.4) is 0 Å². The number of aliphatic carboxylic acids is 1. The number of hydrazine groups is 1. The van der Waals surface area contributed by atoms with Crippen LogP contribution in [0.4, 0.5) is 0 Å². The van der Waals surface area contributed by atoms with Crippen LogP contribution in [0, 0.1) is 0 Å². The minimum absolute atomic E-state index is 0.328. The van der Waals surface area contributed by atoms with Crippen molar-refractivity contribution in [2.24, 2.45) is 5.73 Å². The normalized spacial score (nSPS) is 12.0. The van der Waals surface area contributed by atoms with Crippen molar-refractivity contribution in [3.63, 3.8) is 0 Å². The summed E-state index contributed by atoms with van der Waals surface area (Å²) in [5.74, 6) is -1.48. The van der Waals surface area contributed by atoms with Crippen molar-refractivity contribution in [2.45, 2.75) is 25.3 Å². The average molecular weight is 317 g/mol. The fourth-order valence-corrected chi connectivity index (χ4v) is 2.15. The number of aromatic nitrogens is 2. The summed E-state index contributed by atoms with van der Waals surface area (Å²) in [5.41, 5.74) is 11.8. The molecule has 2 aromatic rings. The molecule has 0 saturated heterocycles. The van der Waals surface area contributed by atoms with Crippen molar-refractivity contribution >= 4 is 22.9 Å². The molecule has 8 nitrogen and oxygen atoms in total. The molecule has 0 aliphatic carbocycles. The van der Waals surface area contributed by atoms with Gasteiger partial charge in [-0.1, -0.05) is 6.07 Å². The Bertz CT molecular complexity index is 686. The van der Waals surface area contributed by atoms with Crippen LogP contribution >= 0.6 is 0 Å². The SMILES string of the molecule is NCCCC[C@H](NNC(=O)c1cccc2nccnc12)C(=O)O. The lowest BCUT2D eigenvalue weighted by Crippen LogP contribution is -2.48. The molecule has 122 valence electrons. The summed E-state index contributed by atoms with van der Waals surface area (Å²) < 4.78 is 0. The minimum atomic E-state index is -1.03. The third-order valence-corrected chi connectivity index (χ3v) is 3.35. The number of carboxylic acids is 1. The van der Waals surface area contributed by atoms with Gasteiger partial charge >= 0.3 is 5.97 Å². The fourth-order valence-electron chi connectivity index (χ4n) is 2.15.